The molecule has 3 aromatic carbocycles. The number of fused-ring (bicyclic) bond motifs is 1. The Morgan fingerprint density at radius 2 is 1.18 bits per heavy atom. The number of aromatic nitrogens is 2. The summed E-state index contributed by atoms with van der Waals surface area (Å²) in [6.07, 6.45) is -5.64. The van der Waals surface area contributed by atoms with Crippen LogP contribution in [0, 0.1) is 0 Å². The summed E-state index contributed by atoms with van der Waals surface area (Å²) in [5.41, 5.74) is 3.92. The summed E-state index contributed by atoms with van der Waals surface area (Å²) in [7, 11) is 0. The van der Waals surface area contributed by atoms with Crippen LogP contribution < -0.4 is 9.47 Å². The molecule has 4 rings (SSSR count). The summed E-state index contributed by atoms with van der Waals surface area (Å²) in [6.45, 7) is 0. The van der Waals surface area contributed by atoms with Crippen molar-refractivity contribution in [1.82, 2.24) is 9.97 Å². The summed E-state index contributed by atoms with van der Waals surface area (Å²) in [5, 5.41) is 0.768. The van der Waals surface area contributed by atoms with Crippen LogP contribution in [0.2, 0.25) is 0 Å². The standard InChI is InChI=1S/C24H16F6N2O2/c25-23(26,27)33-20-5-1-15(2-6-20)9-17-11-18(22-19(12-17)13-31-14-32-22)10-16-3-7-21(8-4-16)34-24(28,29)30/h1-8,11-14H,9-10H2. The third-order valence-corrected chi connectivity index (χ3v) is 4.86. The highest BCUT2D eigenvalue weighted by Crippen LogP contribution is 2.27. The molecule has 1 heterocycles. The van der Waals surface area contributed by atoms with E-state index in [1.165, 1.54) is 30.6 Å². The molecule has 0 bridgehead atoms. The summed E-state index contributed by atoms with van der Waals surface area (Å²) in [4.78, 5) is 8.37. The first kappa shape index (κ1) is 23.3. The molecule has 0 aliphatic heterocycles. The average molecular weight is 478 g/mol. The predicted octanol–water partition coefficient (Wildman–Crippen LogP) is 6.61. The number of hydrogen-bond acceptors (Lipinski definition) is 4. The molecule has 0 fully saturated rings. The highest BCUT2D eigenvalue weighted by molar-refractivity contribution is 5.82. The number of ether oxygens (including phenoxy) is 2. The van der Waals surface area contributed by atoms with Crippen LogP contribution in [0.1, 0.15) is 22.3 Å². The Hall–Kier alpha value is -3.82. The summed E-state index contributed by atoms with van der Waals surface area (Å²) in [6, 6.07) is 15.0. The zero-order valence-corrected chi connectivity index (χ0v) is 17.3. The van der Waals surface area contributed by atoms with Crippen molar-refractivity contribution in [3.05, 3.63) is 95.4 Å². The molecule has 0 aliphatic carbocycles. The van der Waals surface area contributed by atoms with Crippen LogP contribution >= 0.6 is 0 Å². The van der Waals surface area contributed by atoms with E-state index < -0.39 is 12.7 Å². The quantitative estimate of drug-likeness (QED) is 0.293. The molecule has 0 N–H and O–H groups in total. The highest BCUT2D eigenvalue weighted by atomic mass is 19.4. The molecule has 0 saturated carbocycles. The Bertz CT molecular complexity index is 1270. The van der Waals surface area contributed by atoms with Crippen LogP contribution in [-0.2, 0) is 12.8 Å². The van der Waals surface area contributed by atoms with E-state index >= 15 is 0 Å². The van der Waals surface area contributed by atoms with Crippen molar-refractivity contribution in [2.24, 2.45) is 0 Å². The first-order valence-electron chi connectivity index (χ1n) is 9.95. The number of halogens is 6. The van der Waals surface area contributed by atoms with E-state index in [2.05, 4.69) is 19.4 Å². The van der Waals surface area contributed by atoms with Crippen LogP contribution in [0.3, 0.4) is 0 Å². The molecule has 0 aliphatic rings. The van der Waals surface area contributed by atoms with Gasteiger partial charge >= 0.3 is 12.7 Å². The lowest BCUT2D eigenvalue weighted by Crippen LogP contribution is -2.17. The van der Waals surface area contributed by atoms with Gasteiger partial charge in [-0.2, -0.15) is 0 Å². The third kappa shape index (κ3) is 6.37. The van der Waals surface area contributed by atoms with Crippen molar-refractivity contribution in [2.45, 2.75) is 25.6 Å². The molecule has 0 amide bonds. The normalized spacial score (nSPS) is 12.1. The van der Waals surface area contributed by atoms with E-state index in [0.717, 1.165) is 27.6 Å². The van der Waals surface area contributed by atoms with Gasteiger partial charge in [0.25, 0.3) is 0 Å². The molecule has 0 unspecified atom stereocenters. The van der Waals surface area contributed by atoms with Gasteiger partial charge in [-0.1, -0.05) is 30.3 Å². The van der Waals surface area contributed by atoms with E-state index in [-0.39, 0.29) is 11.5 Å². The second-order valence-corrected chi connectivity index (χ2v) is 7.45. The zero-order valence-electron chi connectivity index (χ0n) is 17.3. The molecule has 0 radical (unpaired) electrons. The van der Waals surface area contributed by atoms with Crippen LogP contribution in [0.15, 0.2) is 73.2 Å². The fourth-order valence-electron chi connectivity index (χ4n) is 3.56. The number of benzene rings is 3. The summed E-state index contributed by atoms with van der Waals surface area (Å²) in [5.74, 6) is -0.614. The molecule has 0 saturated heterocycles. The van der Waals surface area contributed by atoms with Gasteiger partial charge in [0.15, 0.2) is 0 Å². The number of rotatable bonds is 6. The van der Waals surface area contributed by atoms with Gasteiger partial charge in [0, 0.05) is 11.6 Å². The Balaban J connectivity index is 1.57. The van der Waals surface area contributed by atoms with Gasteiger partial charge in [-0.25, -0.2) is 9.97 Å². The fraction of sp³-hybridized carbons (Fsp3) is 0.167. The molecular weight excluding hydrogens is 462 g/mol. The van der Waals surface area contributed by atoms with Crippen molar-refractivity contribution in [1.29, 1.82) is 0 Å². The van der Waals surface area contributed by atoms with E-state index in [1.54, 1.807) is 30.5 Å². The molecule has 0 atom stereocenters. The average Bonchev–Trinajstić information content (AvgIpc) is 2.74. The second kappa shape index (κ2) is 9.20. The smallest absolute Gasteiger partial charge is 0.406 e. The van der Waals surface area contributed by atoms with Crippen molar-refractivity contribution >= 4 is 10.9 Å². The third-order valence-electron chi connectivity index (χ3n) is 4.86. The lowest BCUT2D eigenvalue weighted by Gasteiger charge is -2.12. The maximum absolute atomic E-state index is 12.4. The fourth-order valence-corrected chi connectivity index (χ4v) is 3.56. The first-order valence-corrected chi connectivity index (χ1v) is 9.95. The van der Waals surface area contributed by atoms with Gasteiger partial charge in [0.2, 0.25) is 0 Å². The topological polar surface area (TPSA) is 44.2 Å². The van der Waals surface area contributed by atoms with Gasteiger partial charge in [0.05, 0.1) is 5.52 Å². The Morgan fingerprint density at radius 3 is 1.71 bits per heavy atom. The van der Waals surface area contributed by atoms with Gasteiger partial charge < -0.3 is 9.47 Å². The van der Waals surface area contributed by atoms with Crippen LogP contribution in [0.25, 0.3) is 10.9 Å². The van der Waals surface area contributed by atoms with E-state index in [1.807, 2.05) is 12.1 Å². The summed E-state index contributed by atoms with van der Waals surface area (Å²) >= 11 is 0. The lowest BCUT2D eigenvalue weighted by atomic mass is 9.96. The van der Waals surface area contributed by atoms with E-state index in [0.29, 0.717) is 18.4 Å². The summed E-state index contributed by atoms with van der Waals surface area (Å²) < 4.78 is 82.1. The minimum Gasteiger partial charge on any atom is -0.406 e. The van der Waals surface area contributed by atoms with Crippen LogP contribution in [0.5, 0.6) is 11.5 Å². The first-order chi connectivity index (χ1) is 16.0. The van der Waals surface area contributed by atoms with Gasteiger partial charge in [0.1, 0.15) is 17.8 Å². The van der Waals surface area contributed by atoms with E-state index in [9.17, 15) is 26.3 Å². The minimum atomic E-state index is -4.76. The number of alkyl halides is 6. The number of hydrogen-bond donors (Lipinski definition) is 0. The molecule has 176 valence electrons. The highest BCUT2D eigenvalue weighted by Gasteiger charge is 2.31. The SMILES string of the molecule is FC(F)(F)Oc1ccc(Cc2cc(Cc3ccc(OC(F)(F)F)cc3)c3ncncc3c2)cc1. The molecule has 4 aromatic rings. The maximum Gasteiger partial charge on any atom is 0.573 e. The van der Waals surface area contributed by atoms with Crippen molar-refractivity contribution in [2.75, 3.05) is 0 Å². The van der Waals surface area contributed by atoms with Crippen molar-refractivity contribution in [3.63, 3.8) is 0 Å². The Morgan fingerprint density at radius 1 is 0.647 bits per heavy atom. The maximum atomic E-state index is 12.4. The monoisotopic (exact) mass is 478 g/mol. The Kier molecular flexibility index (Phi) is 6.32. The minimum absolute atomic E-state index is 0.304. The molecule has 1 aromatic heterocycles. The van der Waals surface area contributed by atoms with Crippen molar-refractivity contribution < 1.29 is 35.8 Å². The van der Waals surface area contributed by atoms with Gasteiger partial charge in [-0.05, 0) is 65.4 Å². The van der Waals surface area contributed by atoms with Crippen LogP contribution in [-0.4, -0.2) is 22.7 Å². The lowest BCUT2D eigenvalue weighted by molar-refractivity contribution is -0.275. The molecule has 10 heteroatoms. The van der Waals surface area contributed by atoms with Crippen molar-refractivity contribution in [3.8, 4) is 11.5 Å². The number of nitrogens with zero attached hydrogens (tertiary/aromatic N) is 2. The van der Waals surface area contributed by atoms with E-state index in [4.69, 9.17) is 0 Å². The van der Waals surface area contributed by atoms with Crippen LogP contribution in [0.4, 0.5) is 26.3 Å². The molecular formula is C24H16F6N2O2. The van der Waals surface area contributed by atoms with Gasteiger partial charge in [-0.3, -0.25) is 0 Å². The molecule has 4 nitrogen and oxygen atoms in total. The second-order valence-electron chi connectivity index (χ2n) is 7.45. The zero-order chi connectivity index (χ0) is 24.3. The molecule has 34 heavy (non-hydrogen) atoms. The Labute approximate surface area is 189 Å². The van der Waals surface area contributed by atoms with Gasteiger partial charge in [-0.15, -0.1) is 26.3 Å². The largest absolute Gasteiger partial charge is 0.573 e. The molecule has 0 spiro atoms. The predicted molar refractivity (Wildman–Crippen MR) is 111 cm³/mol.